The first-order chi connectivity index (χ1) is 5.13. The highest BCUT2D eigenvalue weighted by molar-refractivity contribution is 7.80. The molecule has 0 aliphatic carbocycles. The van der Waals surface area contributed by atoms with E-state index in [1.54, 1.807) is 12.1 Å². The monoisotopic (exact) mass is 187 g/mol. The van der Waals surface area contributed by atoms with Crippen molar-refractivity contribution in [1.29, 1.82) is 0 Å². The normalized spacial score (nSPS) is 9.55. The van der Waals surface area contributed by atoms with Crippen LogP contribution in [0.25, 0.3) is 0 Å². The van der Waals surface area contributed by atoms with Crippen LogP contribution in [0.2, 0.25) is 5.02 Å². The van der Waals surface area contributed by atoms with E-state index in [1.165, 1.54) is 6.07 Å². The van der Waals surface area contributed by atoms with Gasteiger partial charge in [0.2, 0.25) is 0 Å². The van der Waals surface area contributed by atoms with E-state index in [2.05, 4.69) is 0 Å². The Morgan fingerprint density at radius 2 is 2.18 bits per heavy atom. The number of rotatable bonds is 1. The number of nitrogens with two attached hydrogens (primary N) is 1. The van der Waals surface area contributed by atoms with Gasteiger partial charge in [-0.3, -0.25) is 0 Å². The van der Waals surface area contributed by atoms with Crippen molar-refractivity contribution in [3.8, 4) is 5.75 Å². The first kappa shape index (κ1) is 8.30. The minimum Gasteiger partial charge on any atom is -0.506 e. The van der Waals surface area contributed by atoms with Gasteiger partial charge in [-0.15, -0.1) is 0 Å². The Balaban J connectivity index is 3.27. The first-order valence-electron chi connectivity index (χ1n) is 2.90. The van der Waals surface area contributed by atoms with Crippen LogP contribution in [0.4, 0.5) is 0 Å². The van der Waals surface area contributed by atoms with Gasteiger partial charge in [0.25, 0.3) is 0 Å². The van der Waals surface area contributed by atoms with Crippen LogP contribution >= 0.6 is 23.8 Å². The molecule has 0 amide bonds. The second-order valence-electron chi connectivity index (χ2n) is 2.00. The van der Waals surface area contributed by atoms with Crippen molar-refractivity contribution in [1.82, 2.24) is 0 Å². The fourth-order valence-electron chi connectivity index (χ4n) is 0.710. The van der Waals surface area contributed by atoms with E-state index in [-0.39, 0.29) is 15.8 Å². The van der Waals surface area contributed by atoms with Crippen molar-refractivity contribution in [2.24, 2.45) is 5.73 Å². The molecule has 1 aromatic carbocycles. The summed E-state index contributed by atoms with van der Waals surface area (Å²) in [4.78, 5) is 0.186. The number of hydrogen-bond donors (Lipinski definition) is 2. The molecule has 0 aliphatic heterocycles. The van der Waals surface area contributed by atoms with Gasteiger partial charge >= 0.3 is 0 Å². The van der Waals surface area contributed by atoms with Crippen LogP contribution in [0, 0.1) is 0 Å². The summed E-state index contributed by atoms with van der Waals surface area (Å²) in [5.41, 5.74) is 5.82. The van der Waals surface area contributed by atoms with Crippen molar-refractivity contribution >= 4 is 28.8 Å². The number of benzene rings is 1. The van der Waals surface area contributed by atoms with Crippen molar-refractivity contribution in [3.05, 3.63) is 28.8 Å². The zero-order valence-corrected chi connectivity index (χ0v) is 7.12. The summed E-state index contributed by atoms with van der Waals surface area (Å²) in [7, 11) is 0. The molecule has 0 unspecified atom stereocenters. The second kappa shape index (κ2) is 3.07. The molecule has 0 aliphatic rings. The van der Waals surface area contributed by atoms with Gasteiger partial charge in [-0.25, -0.2) is 0 Å². The minimum absolute atomic E-state index is 0.00281. The van der Waals surface area contributed by atoms with E-state index in [9.17, 15) is 0 Å². The Kier molecular flexibility index (Phi) is 2.31. The average Bonchev–Trinajstić information content (AvgIpc) is 1.94. The number of phenols is 1. The molecule has 0 spiro atoms. The van der Waals surface area contributed by atoms with Gasteiger partial charge in [-0.1, -0.05) is 36.0 Å². The predicted octanol–water partition coefficient (Wildman–Crippen LogP) is 1.68. The third-order valence-electron chi connectivity index (χ3n) is 1.24. The molecular weight excluding hydrogens is 182 g/mol. The van der Waals surface area contributed by atoms with Crippen LogP contribution in [-0.2, 0) is 0 Å². The van der Waals surface area contributed by atoms with E-state index in [0.717, 1.165) is 0 Å². The molecule has 4 heteroatoms. The lowest BCUT2D eigenvalue weighted by atomic mass is 10.2. The van der Waals surface area contributed by atoms with Gasteiger partial charge in [0.1, 0.15) is 10.7 Å². The van der Waals surface area contributed by atoms with E-state index in [4.69, 9.17) is 34.7 Å². The molecule has 11 heavy (non-hydrogen) atoms. The number of phenolic OH excluding ortho intramolecular Hbond substituents is 1. The van der Waals surface area contributed by atoms with Gasteiger partial charge in [0, 0.05) is 5.56 Å². The lowest BCUT2D eigenvalue weighted by Gasteiger charge is -2.01. The van der Waals surface area contributed by atoms with Gasteiger partial charge in [-0.2, -0.15) is 0 Å². The quantitative estimate of drug-likeness (QED) is 0.658. The molecule has 2 nitrogen and oxygen atoms in total. The van der Waals surface area contributed by atoms with Crippen LogP contribution in [0.5, 0.6) is 5.75 Å². The molecule has 0 radical (unpaired) electrons. The van der Waals surface area contributed by atoms with E-state index >= 15 is 0 Å². The second-order valence-corrected chi connectivity index (χ2v) is 2.82. The van der Waals surface area contributed by atoms with Gasteiger partial charge in [-0.05, 0) is 6.07 Å². The zero-order valence-electron chi connectivity index (χ0n) is 5.54. The molecule has 0 saturated carbocycles. The van der Waals surface area contributed by atoms with E-state index in [1.807, 2.05) is 0 Å². The minimum atomic E-state index is -0.00281. The van der Waals surface area contributed by atoms with Gasteiger partial charge in [0.05, 0.1) is 5.02 Å². The van der Waals surface area contributed by atoms with Crippen LogP contribution in [-0.4, -0.2) is 10.1 Å². The summed E-state index contributed by atoms with van der Waals surface area (Å²) in [5, 5.41) is 9.31. The molecule has 1 rings (SSSR count). The summed E-state index contributed by atoms with van der Waals surface area (Å²) >= 11 is 10.4. The van der Waals surface area contributed by atoms with Crippen LogP contribution in [0.3, 0.4) is 0 Å². The Morgan fingerprint density at radius 3 is 2.64 bits per heavy atom. The molecule has 0 bridgehead atoms. The summed E-state index contributed by atoms with van der Waals surface area (Å²) in [6.07, 6.45) is 0. The maximum Gasteiger partial charge on any atom is 0.134 e. The van der Waals surface area contributed by atoms with Crippen molar-refractivity contribution in [2.75, 3.05) is 0 Å². The lowest BCUT2D eigenvalue weighted by Crippen LogP contribution is -2.09. The third-order valence-corrected chi connectivity index (χ3v) is 1.86. The molecule has 3 N–H and O–H groups in total. The molecule has 0 saturated heterocycles. The molecule has 0 aromatic heterocycles. The number of hydrogen-bond acceptors (Lipinski definition) is 2. The maximum atomic E-state index is 9.10. The van der Waals surface area contributed by atoms with Crippen LogP contribution in [0.15, 0.2) is 18.2 Å². The van der Waals surface area contributed by atoms with Crippen LogP contribution < -0.4 is 5.73 Å². The molecular formula is C7H6ClNOS. The highest BCUT2D eigenvalue weighted by Crippen LogP contribution is 2.26. The highest BCUT2D eigenvalue weighted by Gasteiger charge is 2.05. The summed E-state index contributed by atoms with van der Waals surface area (Å²) in [5.74, 6) is -0.00281. The lowest BCUT2D eigenvalue weighted by molar-refractivity contribution is 0.475. The largest absolute Gasteiger partial charge is 0.506 e. The van der Waals surface area contributed by atoms with Gasteiger partial charge in [0.15, 0.2) is 0 Å². The fourth-order valence-corrected chi connectivity index (χ4v) is 1.16. The molecule has 0 atom stereocenters. The Bertz CT molecular complexity index is 300. The Morgan fingerprint density at radius 1 is 1.55 bits per heavy atom. The molecule has 0 fully saturated rings. The molecule has 0 heterocycles. The summed E-state index contributed by atoms with van der Waals surface area (Å²) in [6.45, 7) is 0. The topological polar surface area (TPSA) is 46.2 Å². The number of halogens is 1. The van der Waals surface area contributed by atoms with E-state index in [0.29, 0.717) is 5.56 Å². The maximum absolute atomic E-state index is 9.10. The van der Waals surface area contributed by atoms with Crippen molar-refractivity contribution < 1.29 is 5.11 Å². The fraction of sp³-hybridized carbons (Fsp3) is 0. The molecule has 1 aromatic rings. The standard InChI is InChI=1S/C7H6ClNOS/c8-6-4(7(9)11)2-1-3-5(6)10/h1-3,10H,(H2,9,11). The van der Waals surface area contributed by atoms with Gasteiger partial charge < -0.3 is 10.8 Å². The first-order valence-corrected chi connectivity index (χ1v) is 3.69. The third kappa shape index (κ3) is 1.61. The molecule has 58 valence electrons. The summed E-state index contributed by atoms with van der Waals surface area (Å²) in [6, 6.07) is 4.77. The van der Waals surface area contributed by atoms with Crippen LogP contribution in [0.1, 0.15) is 5.56 Å². The number of aromatic hydroxyl groups is 1. The SMILES string of the molecule is NC(=S)c1cccc(O)c1Cl. The van der Waals surface area contributed by atoms with E-state index < -0.39 is 0 Å². The average molecular weight is 188 g/mol. The highest BCUT2D eigenvalue weighted by atomic mass is 35.5. The Labute approximate surface area is 74.6 Å². The zero-order chi connectivity index (χ0) is 8.43. The summed E-state index contributed by atoms with van der Waals surface area (Å²) < 4.78 is 0. The number of thiocarbonyl (C=S) groups is 1. The smallest absolute Gasteiger partial charge is 0.134 e. The van der Waals surface area contributed by atoms with Crippen molar-refractivity contribution in [3.63, 3.8) is 0 Å². The predicted molar refractivity (Wildman–Crippen MR) is 49.0 cm³/mol. The Hall–Kier alpha value is -0.800. The van der Waals surface area contributed by atoms with Crippen molar-refractivity contribution in [2.45, 2.75) is 0 Å².